The third kappa shape index (κ3) is 10.5. The first-order valence-electron chi connectivity index (χ1n) is 15.3. The summed E-state index contributed by atoms with van der Waals surface area (Å²) in [7, 11) is 0. The number of carboxylic acid groups (broad SMARTS) is 1. The number of ether oxygens (including phenoxy) is 2. The van der Waals surface area contributed by atoms with Crippen LogP contribution >= 0.6 is 0 Å². The van der Waals surface area contributed by atoms with Crippen molar-refractivity contribution in [2.75, 3.05) is 25.0 Å². The monoisotopic (exact) mass is 586 g/mol. The van der Waals surface area contributed by atoms with Gasteiger partial charge in [-0.15, -0.1) is 0 Å². The smallest absolute Gasteiger partial charge is 0.343 e. The van der Waals surface area contributed by atoms with E-state index in [4.69, 9.17) is 9.47 Å². The first-order chi connectivity index (χ1) is 20.9. The second-order valence-electron chi connectivity index (χ2n) is 11.1. The minimum atomic E-state index is -1.02. The lowest BCUT2D eigenvalue weighted by Gasteiger charge is -2.23. The molecule has 8 heteroatoms. The summed E-state index contributed by atoms with van der Waals surface area (Å²) >= 11 is 0. The Morgan fingerprint density at radius 1 is 0.930 bits per heavy atom. The largest absolute Gasteiger partial charge is 0.494 e. The number of carbonyl (C=O) groups excluding carboxylic acids is 2. The van der Waals surface area contributed by atoms with Gasteiger partial charge in [0.15, 0.2) is 5.75 Å². The van der Waals surface area contributed by atoms with Crippen LogP contribution < -0.4 is 14.8 Å². The SMILES string of the molecule is CCCCCC(=O)N(CCCOc1ccc(CC(Nc2ccccc2OC(=O)c2ccccc2)C(=O)O)cc1)CC1CC1. The average molecular weight is 587 g/mol. The van der Waals surface area contributed by atoms with Crippen LogP contribution in [0.3, 0.4) is 0 Å². The van der Waals surface area contributed by atoms with Gasteiger partial charge in [-0.05, 0) is 73.6 Å². The number of hydrogen-bond acceptors (Lipinski definition) is 6. The Bertz CT molecular complexity index is 1320. The van der Waals surface area contributed by atoms with Crippen LogP contribution in [0.4, 0.5) is 5.69 Å². The maximum Gasteiger partial charge on any atom is 0.343 e. The average Bonchev–Trinajstić information content (AvgIpc) is 3.84. The van der Waals surface area contributed by atoms with Gasteiger partial charge in [-0.1, -0.05) is 62.2 Å². The molecule has 0 spiro atoms. The second kappa shape index (κ2) is 16.3. The van der Waals surface area contributed by atoms with Gasteiger partial charge in [-0.3, -0.25) is 4.79 Å². The first-order valence-corrected chi connectivity index (χ1v) is 15.3. The highest BCUT2D eigenvalue weighted by molar-refractivity contribution is 5.92. The van der Waals surface area contributed by atoms with E-state index in [0.717, 1.165) is 37.8 Å². The van der Waals surface area contributed by atoms with E-state index < -0.39 is 18.0 Å². The van der Waals surface area contributed by atoms with Crippen molar-refractivity contribution in [2.24, 2.45) is 5.92 Å². The number of benzene rings is 3. The standard InChI is InChI=1S/C35H42N2O6/c1-2-3-5-15-33(38)37(25-27-16-17-27)22-10-23-42-29-20-18-26(19-21-29)24-31(34(39)40)36-30-13-8-9-14-32(30)43-35(41)28-11-6-4-7-12-28/h4,6-9,11-14,18-21,27,31,36H,2-3,5,10,15-17,22-25H2,1H3,(H,39,40). The van der Waals surface area contributed by atoms with E-state index in [1.54, 1.807) is 48.5 Å². The van der Waals surface area contributed by atoms with Crippen molar-refractivity contribution in [1.29, 1.82) is 0 Å². The number of rotatable bonds is 18. The molecule has 4 rings (SSSR count). The number of anilines is 1. The predicted molar refractivity (Wildman–Crippen MR) is 167 cm³/mol. The highest BCUT2D eigenvalue weighted by Gasteiger charge is 2.26. The zero-order valence-corrected chi connectivity index (χ0v) is 24.9. The fourth-order valence-corrected chi connectivity index (χ4v) is 4.81. The van der Waals surface area contributed by atoms with Crippen LogP contribution in [0, 0.1) is 5.92 Å². The maximum atomic E-state index is 12.7. The van der Waals surface area contributed by atoms with Crippen molar-refractivity contribution in [3.8, 4) is 11.5 Å². The zero-order valence-electron chi connectivity index (χ0n) is 24.9. The Hall–Kier alpha value is -4.33. The van der Waals surface area contributed by atoms with E-state index >= 15 is 0 Å². The lowest BCUT2D eigenvalue weighted by Crippen LogP contribution is -2.34. The lowest BCUT2D eigenvalue weighted by atomic mass is 10.1. The van der Waals surface area contributed by atoms with Crippen molar-refractivity contribution in [3.63, 3.8) is 0 Å². The molecule has 3 aromatic rings. The number of carbonyl (C=O) groups is 3. The fraction of sp³-hybridized carbons (Fsp3) is 0.400. The van der Waals surface area contributed by atoms with Gasteiger partial charge in [0.05, 0.1) is 17.9 Å². The van der Waals surface area contributed by atoms with E-state index in [2.05, 4.69) is 12.2 Å². The van der Waals surface area contributed by atoms with Gasteiger partial charge in [-0.2, -0.15) is 0 Å². The highest BCUT2D eigenvalue weighted by Crippen LogP contribution is 2.30. The Balaban J connectivity index is 1.27. The number of esters is 1. The van der Waals surface area contributed by atoms with Crippen LogP contribution in [-0.4, -0.2) is 53.6 Å². The Kier molecular flexibility index (Phi) is 12.0. The topological polar surface area (TPSA) is 105 Å². The summed E-state index contributed by atoms with van der Waals surface area (Å²) in [5.41, 5.74) is 1.64. The molecule has 0 aromatic heterocycles. The van der Waals surface area contributed by atoms with Crippen LogP contribution in [0.1, 0.15) is 67.8 Å². The number of nitrogens with one attached hydrogen (secondary N) is 1. The summed E-state index contributed by atoms with van der Waals surface area (Å²) in [6.07, 6.45) is 7.17. The number of carboxylic acids is 1. The number of nitrogens with zero attached hydrogens (tertiary/aromatic N) is 1. The van der Waals surface area contributed by atoms with Crippen LogP contribution in [0.5, 0.6) is 11.5 Å². The molecular formula is C35H42N2O6. The van der Waals surface area contributed by atoms with E-state index in [-0.39, 0.29) is 18.1 Å². The van der Waals surface area contributed by atoms with E-state index in [1.165, 1.54) is 12.8 Å². The molecule has 0 heterocycles. The molecule has 1 unspecified atom stereocenters. The maximum absolute atomic E-state index is 12.7. The molecule has 1 aliphatic rings. The Morgan fingerprint density at radius 3 is 2.35 bits per heavy atom. The van der Waals surface area contributed by atoms with Crippen LogP contribution in [0.2, 0.25) is 0 Å². The third-order valence-electron chi connectivity index (χ3n) is 7.45. The molecule has 0 bridgehead atoms. The van der Waals surface area contributed by atoms with Crippen LogP contribution in [0.25, 0.3) is 0 Å². The summed E-state index contributed by atoms with van der Waals surface area (Å²) in [4.78, 5) is 39.4. The van der Waals surface area contributed by atoms with Gasteiger partial charge >= 0.3 is 11.9 Å². The summed E-state index contributed by atoms with van der Waals surface area (Å²) in [5, 5.41) is 12.9. The molecule has 228 valence electrons. The van der Waals surface area contributed by atoms with Crippen molar-refractivity contribution < 1.29 is 29.0 Å². The molecular weight excluding hydrogens is 544 g/mol. The van der Waals surface area contributed by atoms with Crippen molar-refractivity contribution in [2.45, 2.75) is 64.3 Å². The van der Waals surface area contributed by atoms with Crippen molar-refractivity contribution in [1.82, 2.24) is 4.90 Å². The number of amides is 1. The number of hydrogen-bond donors (Lipinski definition) is 2. The quantitative estimate of drug-likeness (QED) is 0.0983. The number of aliphatic carboxylic acids is 1. The normalized spacial score (nSPS) is 13.1. The lowest BCUT2D eigenvalue weighted by molar-refractivity contribution is -0.138. The minimum Gasteiger partial charge on any atom is -0.494 e. The molecule has 2 N–H and O–H groups in total. The van der Waals surface area contributed by atoms with E-state index in [0.29, 0.717) is 42.5 Å². The van der Waals surface area contributed by atoms with Crippen LogP contribution in [0.15, 0.2) is 78.9 Å². The Labute approximate surface area is 254 Å². The predicted octanol–water partition coefficient (Wildman–Crippen LogP) is 6.60. The van der Waals surface area contributed by atoms with Gasteiger partial charge in [0.1, 0.15) is 11.8 Å². The van der Waals surface area contributed by atoms with Gasteiger partial charge < -0.3 is 24.8 Å². The van der Waals surface area contributed by atoms with Gasteiger partial charge in [0, 0.05) is 25.9 Å². The summed E-state index contributed by atoms with van der Waals surface area (Å²) in [6, 6.07) is 21.8. The highest BCUT2D eigenvalue weighted by atomic mass is 16.5. The van der Waals surface area contributed by atoms with Gasteiger partial charge in [0.25, 0.3) is 0 Å². The molecule has 1 atom stereocenters. The molecule has 1 amide bonds. The first kappa shape index (κ1) is 31.6. The van der Waals surface area contributed by atoms with Crippen molar-refractivity contribution >= 4 is 23.5 Å². The molecule has 0 aliphatic heterocycles. The zero-order chi connectivity index (χ0) is 30.4. The number of unbranched alkanes of at least 4 members (excludes halogenated alkanes) is 2. The summed E-state index contributed by atoms with van der Waals surface area (Å²) in [5.74, 6) is 0.319. The molecule has 1 saturated carbocycles. The van der Waals surface area contributed by atoms with Crippen molar-refractivity contribution in [3.05, 3.63) is 90.0 Å². The Morgan fingerprint density at radius 2 is 1.65 bits per heavy atom. The summed E-state index contributed by atoms with van der Waals surface area (Å²) < 4.78 is 11.5. The molecule has 8 nitrogen and oxygen atoms in total. The summed E-state index contributed by atoms with van der Waals surface area (Å²) in [6.45, 7) is 4.21. The molecule has 1 aliphatic carbocycles. The fourth-order valence-electron chi connectivity index (χ4n) is 4.81. The molecule has 0 saturated heterocycles. The second-order valence-corrected chi connectivity index (χ2v) is 11.1. The molecule has 43 heavy (non-hydrogen) atoms. The molecule has 3 aromatic carbocycles. The van der Waals surface area contributed by atoms with E-state index in [1.807, 2.05) is 35.2 Å². The third-order valence-corrected chi connectivity index (χ3v) is 7.45. The van der Waals surface area contributed by atoms with E-state index in [9.17, 15) is 19.5 Å². The van der Waals surface area contributed by atoms with Crippen LogP contribution in [-0.2, 0) is 16.0 Å². The van der Waals surface area contributed by atoms with Gasteiger partial charge in [-0.25, -0.2) is 9.59 Å². The number of para-hydroxylation sites is 2. The molecule has 1 fully saturated rings. The van der Waals surface area contributed by atoms with Gasteiger partial charge in [0.2, 0.25) is 5.91 Å². The minimum absolute atomic E-state index is 0.215. The molecule has 0 radical (unpaired) electrons.